The first-order valence-corrected chi connectivity index (χ1v) is 20.8. The smallest absolute Gasteiger partial charge is 0.461 e. The average Bonchev–Trinajstić information content (AvgIpc) is 4.27. The number of pyridine rings is 1. The van der Waals surface area contributed by atoms with Crippen molar-refractivity contribution in [3.05, 3.63) is 101 Å². The lowest BCUT2D eigenvalue weighted by Gasteiger charge is -2.07. The van der Waals surface area contributed by atoms with Gasteiger partial charge in [0.05, 0.1) is 82.8 Å². The Labute approximate surface area is 372 Å². The molecule has 64 heavy (non-hydrogen) atoms. The fourth-order valence-electron chi connectivity index (χ4n) is 5.00. The summed E-state index contributed by atoms with van der Waals surface area (Å²) >= 11 is 5.27. The Morgan fingerprint density at radius 1 is 0.484 bits per heavy atom. The van der Waals surface area contributed by atoms with Gasteiger partial charge in [-0.05, 0) is 48.5 Å². The van der Waals surface area contributed by atoms with Gasteiger partial charge in [-0.3, -0.25) is 4.98 Å². The van der Waals surface area contributed by atoms with E-state index in [1.807, 2.05) is 12.1 Å². The molecule has 4 aromatic heterocycles. The summed E-state index contributed by atoms with van der Waals surface area (Å²) in [5.74, 6) is 4.55. The van der Waals surface area contributed by atoms with Crippen molar-refractivity contribution in [3.8, 4) is 0 Å². The molecule has 5 aliphatic heterocycles. The lowest BCUT2D eigenvalue weighted by molar-refractivity contribution is 0.0237. The number of nitrogens with zero attached hydrogens (tertiary/aromatic N) is 1. The number of hydrogen-bond acceptors (Lipinski definition) is 21. The Hall–Kier alpha value is -4.62. The summed E-state index contributed by atoms with van der Waals surface area (Å²) in [4.78, 5) is 25.4. The molecule has 5 atom stereocenters. The maximum Gasteiger partial charge on any atom is 0.508 e. The minimum absolute atomic E-state index is 0.0756. The highest BCUT2D eigenvalue weighted by atomic mass is 35.5. The van der Waals surface area contributed by atoms with E-state index in [1.54, 1.807) is 42.5 Å². The van der Waals surface area contributed by atoms with Crippen LogP contribution >= 0.6 is 11.6 Å². The van der Waals surface area contributed by atoms with E-state index >= 15 is 0 Å². The zero-order valence-corrected chi connectivity index (χ0v) is 35.7. The second-order valence-corrected chi connectivity index (χ2v) is 14.3. The van der Waals surface area contributed by atoms with E-state index in [9.17, 15) is 9.59 Å². The van der Waals surface area contributed by atoms with E-state index in [0.717, 1.165) is 31.3 Å². The van der Waals surface area contributed by atoms with E-state index in [2.05, 4.69) is 14.5 Å². The highest BCUT2D eigenvalue weighted by Crippen LogP contribution is 2.16. The van der Waals surface area contributed by atoms with E-state index in [1.165, 1.54) is 0 Å². The average molecular weight is 928 g/mol. The number of alkyl halides is 1. The molecule has 354 valence electrons. The largest absolute Gasteiger partial charge is 0.508 e. The number of aliphatic hydroxyl groups excluding tert-OH is 4. The van der Waals surface area contributed by atoms with Gasteiger partial charge in [0.1, 0.15) is 99.6 Å². The van der Waals surface area contributed by atoms with Crippen LogP contribution in [0.15, 0.2) is 67.8 Å². The number of rotatable bonds is 21. The van der Waals surface area contributed by atoms with E-state index in [0.29, 0.717) is 85.0 Å². The number of carbonyl (C=O) groups is 2. The second kappa shape index (κ2) is 28.3. The maximum absolute atomic E-state index is 10.7. The molecule has 0 amide bonds. The van der Waals surface area contributed by atoms with Crippen molar-refractivity contribution < 1.29 is 95.4 Å². The molecule has 0 bridgehead atoms. The van der Waals surface area contributed by atoms with Crippen LogP contribution in [0.3, 0.4) is 0 Å². The topological polar surface area (TPSA) is 279 Å². The molecule has 5 aliphatic rings. The molecule has 21 nitrogen and oxygen atoms in total. The van der Waals surface area contributed by atoms with Crippen LogP contribution in [0, 0.1) is 0 Å². The molecular weight excluding hydrogens is 874 g/mol. The molecule has 0 spiro atoms. The highest BCUT2D eigenvalue weighted by Gasteiger charge is 2.27. The fourth-order valence-corrected chi connectivity index (χ4v) is 5.17. The van der Waals surface area contributed by atoms with Crippen LogP contribution in [0.4, 0.5) is 9.59 Å². The zero-order chi connectivity index (χ0) is 45.4. The third kappa shape index (κ3) is 20.9. The number of aromatic nitrogens is 1. The zero-order valence-electron chi connectivity index (χ0n) is 35.0. The van der Waals surface area contributed by atoms with Crippen molar-refractivity contribution in [2.45, 2.75) is 83.4 Å². The molecule has 0 radical (unpaired) electrons. The summed E-state index contributed by atoms with van der Waals surface area (Å²) in [5.41, 5.74) is 1.18. The van der Waals surface area contributed by atoms with Crippen molar-refractivity contribution in [1.82, 2.24) is 4.98 Å². The highest BCUT2D eigenvalue weighted by molar-refractivity contribution is 6.18. The van der Waals surface area contributed by atoms with Crippen LogP contribution in [0.5, 0.6) is 0 Å². The Kier molecular flexibility index (Phi) is 22.3. The first kappa shape index (κ1) is 50.4. The van der Waals surface area contributed by atoms with Crippen LogP contribution in [0.25, 0.3) is 0 Å². The maximum atomic E-state index is 10.7. The lowest BCUT2D eigenvalue weighted by Crippen LogP contribution is -2.17. The fraction of sp³-hybridized carbons (Fsp3) is 0.548. The number of hydrogen-bond donors (Lipinski definition) is 4. The summed E-state index contributed by atoms with van der Waals surface area (Å²) < 4.78 is 71.4. The Balaban J connectivity index is 0.000000164. The Morgan fingerprint density at radius 3 is 1.09 bits per heavy atom. The van der Waals surface area contributed by atoms with E-state index in [-0.39, 0.29) is 78.3 Å². The number of ether oxygens (including phenoxy) is 11. The minimum Gasteiger partial charge on any atom is -0.461 e. The number of halogens is 1. The predicted molar refractivity (Wildman–Crippen MR) is 215 cm³/mol. The van der Waals surface area contributed by atoms with Crippen molar-refractivity contribution in [2.24, 2.45) is 0 Å². The van der Waals surface area contributed by atoms with Crippen molar-refractivity contribution in [1.29, 1.82) is 0 Å². The number of furan rings is 3. The SMILES string of the molecule is ClCC1CO1.O=C1OCC(COCc2ccc(COCC3COC(=O)O3)o2)O1.OCc1ccc(CO)o1.OCc1cccc(CO)n1.c1cc(COCC2CO2)oc1COCC1CO1. The quantitative estimate of drug-likeness (QED) is 0.0529. The van der Waals surface area contributed by atoms with E-state index < -0.39 is 12.3 Å². The number of aliphatic hydroxyl groups is 4. The predicted octanol–water partition coefficient (Wildman–Crippen LogP) is 3.45. The van der Waals surface area contributed by atoms with Crippen molar-refractivity contribution in [3.63, 3.8) is 0 Å². The third-order valence-electron chi connectivity index (χ3n) is 8.52. The molecule has 9 rings (SSSR count). The molecule has 5 saturated heterocycles. The minimum atomic E-state index is -0.672. The summed E-state index contributed by atoms with van der Waals surface area (Å²) in [6, 6.07) is 15.8. The monoisotopic (exact) mass is 927 g/mol. The molecule has 5 unspecified atom stereocenters. The van der Waals surface area contributed by atoms with Gasteiger partial charge >= 0.3 is 12.3 Å². The summed E-state index contributed by atoms with van der Waals surface area (Å²) in [6.07, 6.45) is -1.11. The van der Waals surface area contributed by atoms with Crippen LogP contribution < -0.4 is 0 Å². The van der Waals surface area contributed by atoms with Gasteiger partial charge in [0, 0.05) is 0 Å². The molecule has 22 heteroatoms. The van der Waals surface area contributed by atoms with Gasteiger partial charge in [-0.2, -0.15) is 0 Å². The van der Waals surface area contributed by atoms with Gasteiger partial charge in [-0.15, -0.1) is 11.6 Å². The van der Waals surface area contributed by atoms with Gasteiger partial charge in [-0.25, -0.2) is 9.59 Å². The van der Waals surface area contributed by atoms with E-state index in [4.69, 9.17) is 87.9 Å². The van der Waals surface area contributed by atoms with Gasteiger partial charge in [0.2, 0.25) is 0 Å². The van der Waals surface area contributed by atoms with Crippen LogP contribution in [-0.4, -0.2) is 134 Å². The molecular formula is C42H54ClNO20. The van der Waals surface area contributed by atoms with Crippen molar-refractivity contribution in [2.75, 3.05) is 65.3 Å². The second-order valence-electron chi connectivity index (χ2n) is 14.0. The van der Waals surface area contributed by atoms with Crippen LogP contribution in [0.2, 0.25) is 0 Å². The number of epoxide rings is 3. The molecule has 4 aromatic rings. The summed E-state index contributed by atoms with van der Waals surface area (Å²) in [5, 5.41) is 34.2. The first-order valence-electron chi connectivity index (χ1n) is 20.2. The van der Waals surface area contributed by atoms with Crippen LogP contribution in [-0.2, 0) is 105 Å². The Morgan fingerprint density at radius 2 is 0.828 bits per heavy atom. The number of cyclic esters (lactones) is 4. The van der Waals surface area contributed by atoms with Crippen LogP contribution in [0.1, 0.15) is 45.9 Å². The molecule has 5 fully saturated rings. The van der Waals surface area contributed by atoms with Gasteiger partial charge < -0.3 is 85.8 Å². The standard InChI is InChI=1S/C14H16O9.C12H16O5.C7H9NO2.C6H8O3.C3H5ClO/c15-13-19-7-11(22-13)5-17-3-9-1-2-10(21-9)4-18-6-12-8-20-14(16)23-12;1-2-10(4-14-6-12-8-16-12)17-9(1)3-13-5-11-7-15-11;9-4-6-2-1-3-7(5-10)8-6;7-3-5-1-2-6(4-8)9-5;4-1-3-2-5-3/h1-2,11-12H,3-8H2;1-2,11-12H,3-8H2;1-3,9-10H,4-5H2;1-2,7-8H,3-4H2;3H,1-2H2. The van der Waals surface area contributed by atoms with Crippen molar-refractivity contribution >= 4 is 23.9 Å². The lowest BCUT2D eigenvalue weighted by atomic mass is 10.3. The normalized spacial score (nSPS) is 20.9. The van der Waals surface area contributed by atoms with Gasteiger partial charge in [0.15, 0.2) is 12.2 Å². The first-order chi connectivity index (χ1) is 31.2. The third-order valence-corrected chi connectivity index (χ3v) is 8.87. The summed E-state index contributed by atoms with van der Waals surface area (Å²) in [7, 11) is 0. The molecule has 0 saturated carbocycles. The molecule has 4 N–H and O–H groups in total. The van der Waals surface area contributed by atoms with Gasteiger partial charge in [-0.1, -0.05) is 6.07 Å². The molecule has 0 aromatic carbocycles. The summed E-state index contributed by atoms with van der Waals surface area (Å²) in [6.45, 7) is 5.80. The van der Waals surface area contributed by atoms with Gasteiger partial charge in [0.25, 0.3) is 0 Å². The number of carbonyl (C=O) groups excluding carboxylic acids is 2. The Bertz CT molecular complexity index is 1790. The molecule has 9 heterocycles. The molecule has 0 aliphatic carbocycles.